The van der Waals surface area contributed by atoms with Crippen molar-refractivity contribution in [3.05, 3.63) is 35.6 Å². The van der Waals surface area contributed by atoms with Gasteiger partial charge in [0.15, 0.2) is 0 Å². The predicted octanol–water partition coefficient (Wildman–Crippen LogP) is 2.54. The van der Waals surface area contributed by atoms with E-state index in [9.17, 15) is 9.18 Å². The van der Waals surface area contributed by atoms with E-state index in [1.54, 1.807) is 12.1 Å². The molecule has 2 atom stereocenters. The summed E-state index contributed by atoms with van der Waals surface area (Å²) >= 11 is 0. The summed E-state index contributed by atoms with van der Waals surface area (Å²) in [5, 5.41) is 6.56. The summed E-state index contributed by atoms with van der Waals surface area (Å²) in [6.07, 6.45) is 5.57. The van der Waals surface area contributed by atoms with Crippen LogP contribution in [0.1, 0.15) is 37.7 Å². The fourth-order valence-electron chi connectivity index (χ4n) is 4.02. The quantitative estimate of drug-likeness (QED) is 0.831. The van der Waals surface area contributed by atoms with E-state index in [4.69, 9.17) is 0 Å². The number of carbonyl (C=O) groups excluding carboxylic acids is 1. The van der Waals surface area contributed by atoms with Gasteiger partial charge in [0.1, 0.15) is 5.82 Å². The van der Waals surface area contributed by atoms with Crippen LogP contribution in [-0.4, -0.2) is 43.5 Å². The molecule has 2 fully saturated rings. The van der Waals surface area contributed by atoms with Crippen LogP contribution in [0.5, 0.6) is 0 Å². The minimum Gasteiger partial charge on any atom is -0.356 e. The van der Waals surface area contributed by atoms with Gasteiger partial charge >= 0.3 is 0 Å². The van der Waals surface area contributed by atoms with Crippen molar-refractivity contribution in [1.82, 2.24) is 15.5 Å². The van der Waals surface area contributed by atoms with Gasteiger partial charge in [-0.2, -0.15) is 0 Å². The van der Waals surface area contributed by atoms with Crippen molar-refractivity contribution in [3.8, 4) is 0 Å². The molecule has 0 radical (unpaired) electrons. The molecule has 0 saturated carbocycles. The number of amides is 1. The smallest absolute Gasteiger partial charge is 0.224 e. The first kappa shape index (κ1) is 18.3. The first-order valence-electron chi connectivity index (χ1n) is 9.66. The van der Waals surface area contributed by atoms with Gasteiger partial charge in [-0.05, 0) is 75.4 Å². The molecule has 1 aromatic carbocycles. The molecule has 4 nitrogen and oxygen atoms in total. The van der Waals surface area contributed by atoms with Crippen LogP contribution in [-0.2, 0) is 11.3 Å². The first-order chi connectivity index (χ1) is 12.2. The molecule has 2 saturated heterocycles. The SMILES string of the molecule is O=C(NCCC1CCCNC1)C1CCCN(Cc2cccc(F)c2)C1. The van der Waals surface area contributed by atoms with Gasteiger partial charge in [0.25, 0.3) is 0 Å². The van der Waals surface area contributed by atoms with Crippen molar-refractivity contribution in [2.75, 3.05) is 32.7 Å². The maximum atomic E-state index is 13.3. The molecule has 1 amide bonds. The van der Waals surface area contributed by atoms with Crippen molar-refractivity contribution in [3.63, 3.8) is 0 Å². The van der Waals surface area contributed by atoms with E-state index in [1.807, 2.05) is 6.07 Å². The number of nitrogens with zero attached hydrogens (tertiary/aromatic N) is 1. The number of carbonyl (C=O) groups is 1. The maximum Gasteiger partial charge on any atom is 0.224 e. The van der Waals surface area contributed by atoms with Gasteiger partial charge in [-0.3, -0.25) is 9.69 Å². The average Bonchev–Trinajstić information content (AvgIpc) is 2.63. The summed E-state index contributed by atoms with van der Waals surface area (Å²) in [4.78, 5) is 14.7. The summed E-state index contributed by atoms with van der Waals surface area (Å²) in [6.45, 7) is 5.47. The number of nitrogens with one attached hydrogen (secondary N) is 2. The second kappa shape index (κ2) is 9.30. The Bertz CT molecular complexity index is 560. The van der Waals surface area contributed by atoms with Crippen molar-refractivity contribution < 1.29 is 9.18 Å². The molecule has 0 aliphatic carbocycles. The van der Waals surface area contributed by atoms with E-state index in [1.165, 1.54) is 18.9 Å². The van der Waals surface area contributed by atoms with Crippen molar-refractivity contribution in [2.45, 2.75) is 38.6 Å². The Kier molecular flexibility index (Phi) is 6.82. The zero-order valence-electron chi connectivity index (χ0n) is 15.0. The van der Waals surface area contributed by atoms with Crippen LogP contribution >= 0.6 is 0 Å². The number of likely N-dealkylation sites (tertiary alicyclic amines) is 1. The lowest BCUT2D eigenvalue weighted by molar-refractivity contribution is -0.126. The van der Waals surface area contributed by atoms with Gasteiger partial charge in [-0.15, -0.1) is 0 Å². The number of hydrogen-bond donors (Lipinski definition) is 2. The molecule has 3 rings (SSSR count). The van der Waals surface area contributed by atoms with E-state index < -0.39 is 0 Å². The van der Waals surface area contributed by atoms with Gasteiger partial charge in [-0.25, -0.2) is 4.39 Å². The standard InChI is InChI=1S/C20H30FN3O/c21-19-7-1-4-17(12-19)14-24-11-3-6-18(15-24)20(25)23-10-8-16-5-2-9-22-13-16/h1,4,7,12,16,18,22H,2-3,5-6,8-11,13-15H2,(H,23,25). The lowest BCUT2D eigenvalue weighted by atomic mass is 9.95. The van der Waals surface area contributed by atoms with Crippen LogP contribution in [0.2, 0.25) is 0 Å². The minimum absolute atomic E-state index is 0.0618. The molecule has 25 heavy (non-hydrogen) atoms. The molecule has 1 aromatic rings. The Labute approximate surface area is 150 Å². The van der Waals surface area contributed by atoms with Crippen LogP contribution < -0.4 is 10.6 Å². The topological polar surface area (TPSA) is 44.4 Å². The largest absolute Gasteiger partial charge is 0.356 e. The number of piperidine rings is 2. The van der Waals surface area contributed by atoms with Crippen molar-refractivity contribution >= 4 is 5.91 Å². The Morgan fingerprint density at radius 1 is 1.32 bits per heavy atom. The minimum atomic E-state index is -0.194. The van der Waals surface area contributed by atoms with E-state index in [-0.39, 0.29) is 17.6 Å². The second-order valence-corrected chi connectivity index (χ2v) is 7.50. The van der Waals surface area contributed by atoms with Gasteiger partial charge in [0.2, 0.25) is 5.91 Å². The molecule has 2 heterocycles. The summed E-state index contributed by atoms with van der Waals surface area (Å²) in [7, 11) is 0. The van der Waals surface area contributed by atoms with Crippen LogP contribution in [0.15, 0.2) is 24.3 Å². The highest BCUT2D eigenvalue weighted by molar-refractivity contribution is 5.78. The molecule has 0 bridgehead atoms. The lowest BCUT2D eigenvalue weighted by Crippen LogP contribution is -2.43. The number of benzene rings is 1. The molecule has 2 aliphatic rings. The van der Waals surface area contributed by atoms with Crippen LogP contribution in [0.3, 0.4) is 0 Å². The van der Waals surface area contributed by atoms with E-state index in [2.05, 4.69) is 15.5 Å². The molecular weight excluding hydrogens is 317 g/mol. The summed E-state index contributed by atoms with van der Waals surface area (Å²) in [5.41, 5.74) is 0.978. The molecule has 2 aliphatic heterocycles. The molecule has 2 N–H and O–H groups in total. The Morgan fingerprint density at radius 3 is 3.04 bits per heavy atom. The maximum absolute atomic E-state index is 13.3. The number of rotatable bonds is 6. The zero-order valence-corrected chi connectivity index (χ0v) is 15.0. The van der Waals surface area contributed by atoms with Crippen LogP contribution in [0.4, 0.5) is 4.39 Å². The molecular formula is C20H30FN3O. The van der Waals surface area contributed by atoms with Crippen molar-refractivity contribution in [1.29, 1.82) is 0 Å². The first-order valence-corrected chi connectivity index (χ1v) is 9.66. The van der Waals surface area contributed by atoms with E-state index in [0.29, 0.717) is 5.92 Å². The third-order valence-electron chi connectivity index (χ3n) is 5.42. The number of halogens is 1. The van der Waals surface area contributed by atoms with Gasteiger partial charge in [0.05, 0.1) is 5.92 Å². The third-order valence-corrected chi connectivity index (χ3v) is 5.42. The van der Waals surface area contributed by atoms with Gasteiger partial charge < -0.3 is 10.6 Å². The monoisotopic (exact) mass is 347 g/mol. The molecule has 0 spiro atoms. The highest BCUT2D eigenvalue weighted by Gasteiger charge is 2.25. The zero-order chi connectivity index (χ0) is 17.5. The summed E-state index contributed by atoms with van der Waals surface area (Å²) in [5.74, 6) is 0.755. The number of hydrogen-bond acceptors (Lipinski definition) is 3. The Morgan fingerprint density at radius 2 is 2.24 bits per heavy atom. The third kappa shape index (κ3) is 5.79. The highest BCUT2D eigenvalue weighted by Crippen LogP contribution is 2.19. The molecule has 2 unspecified atom stereocenters. The predicted molar refractivity (Wildman–Crippen MR) is 97.6 cm³/mol. The van der Waals surface area contributed by atoms with E-state index in [0.717, 1.165) is 64.1 Å². The Hall–Kier alpha value is -1.46. The fourth-order valence-corrected chi connectivity index (χ4v) is 4.02. The molecule has 5 heteroatoms. The lowest BCUT2D eigenvalue weighted by Gasteiger charge is -2.32. The summed E-state index contributed by atoms with van der Waals surface area (Å²) in [6, 6.07) is 6.75. The summed E-state index contributed by atoms with van der Waals surface area (Å²) < 4.78 is 13.3. The fraction of sp³-hybridized carbons (Fsp3) is 0.650. The van der Waals surface area contributed by atoms with Gasteiger partial charge in [-0.1, -0.05) is 12.1 Å². The van der Waals surface area contributed by atoms with E-state index >= 15 is 0 Å². The van der Waals surface area contributed by atoms with Crippen LogP contribution in [0, 0.1) is 17.7 Å². The van der Waals surface area contributed by atoms with Crippen molar-refractivity contribution in [2.24, 2.45) is 11.8 Å². The molecule has 138 valence electrons. The van der Waals surface area contributed by atoms with Crippen LogP contribution in [0.25, 0.3) is 0 Å². The highest BCUT2D eigenvalue weighted by atomic mass is 19.1. The Balaban J connectivity index is 1.41. The second-order valence-electron chi connectivity index (χ2n) is 7.50. The average molecular weight is 347 g/mol. The molecule has 0 aromatic heterocycles. The van der Waals surface area contributed by atoms with Gasteiger partial charge in [0, 0.05) is 19.6 Å². The normalized spacial score (nSPS) is 24.8.